The second-order valence-corrected chi connectivity index (χ2v) is 8.62. The third-order valence-corrected chi connectivity index (χ3v) is 6.32. The lowest BCUT2D eigenvalue weighted by Crippen LogP contribution is -2.36. The van der Waals surface area contributed by atoms with Crippen molar-refractivity contribution in [2.45, 2.75) is 26.3 Å². The Morgan fingerprint density at radius 3 is 2.58 bits per heavy atom. The number of aryl methyl sites for hydroxylation is 1. The van der Waals surface area contributed by atoms with Crippen LogP contribution in [0, 0.1) is 6.92 Å². The Morgan fingerprint density at radius 2 is 2.00 bits per heavy atom. The van der Waals surface area contributed by atoms with Crippen molar-refractivity contribution in [3.05, 3.63) is 47.5 Å². The Bertz CT molecular complexity index is 897. The molecule has 1 aromatic heterocycles. The van der Waals surface area contributed by atoms with Gasteiger partial charge in [-0.2, -0.15) is 0 Å². The van der Waals surface area contributed by atoms with E-state index in [1.54, 1.807) is 18.2 Å². The number of hydrogen-bond donors (Lipinski definition) is 1. The average molecular weight is 374 g/mol. The molecular formula is C18H22N4O3S. The standard InChI is InChI=1S/C18H22N4O3S/c1-3-22(14-10-11-26(24,25)12-14)17-9-8-16(20-21-17)19-18(23)15-7-5-4-6-13(15)2/h4-9,14H,3,10-12H2,1-2H3,(H,19,20,23). The molecule has 1 aliphatic rings. The van der Waals surface area contributed by atoms with Gasteiger partial charge >= 0.3 is 0 Å². The van der Waals surface area contributed by atoms with E-state index >= 15 is 0 Å². The van der Waals surface area contributed by atoms with Gasteiger partial charge in [0.15, 0.2) is 21.5 Å². The summed E-state index contributed by atoms with van der Waals surface area (Å²) in [6.07, 6.45) is 0.601. The van der Waals surface area contributed by atoms with Crippen molar-refractivity contribution < 1.29 is 13.2 Å². The number of amides is 1. The van der Waals surface area contributed by atoms with Gasteiger partial charge in [-0.15, -0.1) is 10.2 Å². The van der Waals surface area contributed by atoms with Gasteiger partial charge in [0.05, 0.1) is 11.5 Å². The van der Waals surface area contributed by atoms with Crippen molar-refractivity contribution in [1.82, 2.24) is 10.2 Å². The third-order valence-electron chi connectivity index (χ3n) is 4.57. The summed E-state index contributed by atoms with van der Waals surface area (Å²) >= 11 is 0. The fourth-order valence-corrected chi connectivity index (χ4v) is 4.92. The minimum absolute atomic E-state index is 0.0771. The SMILES string of the molecule is CCN(c1ccc(NC(=O)c2ccccc2C)nn1)C1CCS(=O)(=O)C1. The summed E-state index contributed by atoms with van der Waals surface area (Å²) in [4.78, 5) is 14.3. The Hall–Kier alpha value is -2.48. The summed E-state index contributed by atoms with van der Waals surface area (Å²) in [5, 5.41) is 11.0. The van der Waals surface area contributed by atoms with Crippen LogP contribution in [-0.2, 0) is 9.84 Å². The summed E-state index contributed by atoms with van der Waals surface area (Å²) in [6, 6.07) is 10.7. The molecule has 1 fully saturated rings. The summed E-state index contributed by atoms with van der Waals surface area (Å²) in [6.45, 7) is 4.47. The molecule has 1 aliphatic heterocycles. The van der Waals surface area contributed by atoms with E-state index < -0.39 is 9.84 Å². The summed E-state index contributed by atoms with van der Waals surface area (Å²) < 4.78 is 23.4. The average Bonchev–Trinajstić information content (AvgIpc) is 2.97. The number of nitrogens with one attached hydrogen (secondary N) is 1. The maximum atomic E-state index is 12.3. The first kappa shape index (κ1) is 18.3. The zero-order valence-electron chi connectivity index (χ0n) is 14.8. The number of benzene rings is 1. The van der Waals surface area contributed by atoms with Crippen LogP contribution in [0.2, 0.25) is 0 Å². The molecule has 7 nitrogen and oxygen atoms in total. The molecule has 0 aliphatic carbocycles. The van der Waals surface area contributed by atoms with Crippen LogP contribution < -0.4 is 10.2 Å². The molecule has 0 radical (unpaired) electrons. The highest BCUT2D eigenvalue weighted by Gasteiger charge is 2.32. The first-order valence-electron chi connectivity index (χ1n) is 8.57. The molecule has 1 amide bonds. The number of nitrogens with zero attached hydrogens (tertiary/aromatic N) is 3. The third kappa shape index (κ3) is 4.01. The molecule has 8 heteroatoms. The van der Waals surface area contributed by atoms with E-state index in [-0.39, 0.29) is 23.5 Å². The Balaban J connectivity index is 1.72. The van der Waals surface area contributed by atoms with Gasteiger partial charge in [0.1, 0.15) is 0 Å². The fourth-order valence-electron chi connectivity index (χ4n) is 3.18. The topological polar surface area (TPSA) is 92.3 Å². The largest absolute Gasteiger partial charge is 0.351 e. The van der Waals surface area contributed by atoms with Gasteiger partial charge in [-0.1, -0.05) is 18.2 Å². The first-order valence-corrected chi connectivity index (χ1v) is 10.4. The van der Waals surface area contributed by atoms with Crippen LogP contribution >= 0.6 is 0 Å². The van der Waals surface area contributed by atoms with E-state index in [1.807, 2.05) is 36.9 Å². The minimum atomic E-state index is -2.96. The van der Waals surface area contributed by atoms with Crippen molar-refractivity contribution in [1.29, 1.82) is 0 Å². The van der Waals surface area contributed by atoms with Crippen molar-refractivity contribution in [2.75, 3.05) is 28.3 Å². The van der Waals surface area contributed by atoms with Gasteiger partial charge in [0, 0.05) is 18.2 Å². The lowest BCUT2D eigenvalue weighted by Gasteiger charge is -2.27. The zero-order valence-corrected chi connectivity index (χ0v) is 15.7. The number of aromatic nitrogens is 2. The molecule has 2 aromatic rings. The molecule has 1 N–H and O–H groups in total. The number of carbonyl (C=O) groups excluding carboxylic acids is 1. The zero-order chi connectivity index (χ0) is 18.7. The van der Waals surface area contributed by atoms with Gasteiger partial charge in [-0.05, 0) is 44.0 Å². The second-order valence-electron chi connectivity index (χ2n) is 6.39. The highest BCUT2D eigenvalue weighted by Crippen LogP contribution is 2.23. The predicted octanol–water partition coefficient (Wildman–Crippen LogP) is 2.05. The van der Waals surface area contributed by atoms with Crippen LogP contribution in [0.3, 0.4) is 0 Å². The molecule has 26 heavy (non-hydrogen) atoms. The monoisotopic (exact) mass is 374 g/mol. The molecule has 2 heterocycles. The Morgan fingerprint density at radius 1 is 1.23 bits per heavy atom. The number of hydrogen-bond acceptors (Lipinski definition) is 6. The molecule has 3 rings (SSSR count). The maximum Gasteiger partial charge on any atom is 0.257 e. The number of sulfone groups is 1. The molecule has 0 spiro atoms. The quantitative estimate of drug-likeness (QED) is 0.861. The van der Waals surface area contributed by atoms with Gasteiger partial charge in [0.2, 0.25) is 0 Å². The van der Waals surface area contributed by atoms with E-state index in [0.29, 0.717) is 30.2 Å². The van der Waals surface area contributed by atoms with Gasteiger partial charge in [-0.25, -0.2) is 8.42 Å². The summed E-state index contributed by atoms with van der Waals surface area (Å²) in [5.41, 5.74) is 1.47. The molecule has 1 unspecified atom stereocenters. The molecular weight excluding hydrogens is 352 g/mol. The van der Waals surface area contributed by atoms with E-state index in [1.165, 1.54) is 0 Å². The van der Waals surface area contributed by atoms with E-state index in [4.69, 9.17) is 0 Å². The Labute approximate surface area is 153 Å². The fraction of sp³-hybridized carbons (Fsp3) is 0.389. The Kier molecular flexibility index (Phi) is 5.22. The van der Waals surface area contributed by atoms with Crippen LogP contribution in [0.1, 0.15) is 29.3 Å². The number of carbonyl (C=O) groups is 1. The normalized spacial score (nSPS) is 18.5. The predicted molar refractivity (Wildman–Crippen MR) is 101 cm³/mol. The lowest BCUT2D eigenvalue weighted by atomic mass is 10.1. The second kappa shape index (κ2) is 7.41. The van der Waals surface area contributed by atoms with Crippen LogP contribution in [0.5, 0.6) is 0 Å². The van der Waals surface area contributed by atoms with Crippen molar-refractivity contribution in [2.24, 2.45) is 0 Å². The van der Waals surface area contributed by atoms with Crippen molar-refractivity contribution >= 4 is 27.4 Å². The molecule has 138 valence electrons. The van der Waals surface area contributed by atoms with Crippen molar-refractivity contribution in [3.8, 4) is 0 Å². The van der Waals surface area contributed by atoms with Gasteiger partial charge in [-0.3, -0.25) is 4.79 Å². The smallest absolute Gasteiger partial charge is 0.257 e. The maximum absolute atomic E-state index is 12.3. The highest BCUT2D eigenvalue weighted by atomic mass is 32.2. The molecule has 0 saturated carbocycles. The lowest BCUT2D eigenvalue weighted by molar-refractivity contribution is 0.102. The van der Waals surface area contributed by atoms with E-state index in [2.05, 4.69) is 15.5 Å². The van der Waals surface area contributed by atoms with E-state index in [0.717, 1.165) is 5.56 Å². The highest BCUT2D eigenvalue weighted by molar-refractivity contribution is 7.91. The van der Waals surface area contributed by atoms with Gasteiger partial charge < -0.3 is 10.2 Å². The van der Waals surface area contributed by atoms with Gasteiger partial charge in [0.25, 0.3) is 5.91 Å². The number of anilines is 2. The summed E-state index contributed by atoms with van der Waals surface area (Å²) in [5.74, 6) is 1.10. The van der Waals surface area contributed by atoms with Crippen LogP contribution in [-0.4, -0.2) is 48.6 Å². The van der Waals surface area contributed by atoms with Crippen LogP contribution in [0.25, 0.3) is 0 Å². The van der Waals surface area contributed by atoms with Crippen LogP contribution in [0.4, 0.5) is 11.6 Å². The molecule has 1 saturated heterocycles. The van der Waals surface area contributed by atoms with E-state index in [9.17, 15) is 13.2 Å². The molecule has 1 aromatic carbocycles. The summed E-state index contributed by atoms with van der Waals surface area (Å²) in [7, 11) is -2.96. The number of rotatable bonds is 5. The molecule has 1 atom stereocenters. The molecule has 0 bridgehead atoms. The van der Waals surface area contributed by atoms with Crippen molar-refractivity contribution in [3.63, 3.8) is 0 Å². The van der Waals surface area contributed by atoms with Crippen LogP contribution in [0.15, 0.2) is 36.4 Å². The minimum Gasteiger partial charge on any atom is -0.351 e. The first-order chi connectivity index (χ1) is 12.4.